The summed E-state index contributed by atoms with van der Waals surface area (Å²) in [4.78, 5) is 21.1. The number of ether oxygens (including phenoxy) is 1. The molecule has 0 spiro atoms. The third-order valence-corrected chi connectivity index (χ3v) is 1.44. The third kappa shape index (κ3) is 8.99. The third-order valence-electron chi connectivity index (χ3n) is 1.44. The fourth-order valence-electron chi connectivity index (χ4n) is 0.761. The van der Waals surface area contributed by atoms with Crippen LogP contribution in [-0.4, -0.2) is 36.2 Å². The molecular formula is C9H17NO4. The van der Waals surface area contributed by atoms with E-state index in [0.717, 1.165) is 0 Å². The van der Waals surface area contributed by atoms with Crippen molar-refractivity contribution in [3.05, 3.63) is 0 Å². The van der Waals surface area contributed by atoms with Crippen LogP contribution in [0.4, 0.5) is 0 Å². The van der Waals surface area contributed by atoms with E-state index in [1.54, 1.807) is 0 Å². The van der Waals surface area contributed by atoms with E-state index in [2.05, 4.69) is 5.32 Å². The van der Waals surface area contributed by atoms with Gasteiger partial charge in [0.1, 0.15) is 6.61 Å². The zero-order valence-corrected chi connectivity index (χ0v) is 8.58. The summed E-state index contributed by atoms with van der Waals surface area (Å²) in [6.45, 7) is 4.10. The molecule has 0 radical (unpaired) electrons. The van der Waals surface area contributed by atoms with Crippen LogP contribution in [0.3, 0.4) is 0 Å². The van der Waals surface area contributed by atoms with E-state index in [1.165, 1.54) is 0 Å². The van der Waals surface area contributed by atoms with Crippen molar-refractivity contribution in [3.8, 4) is 0 Å². The number of rotatable bonds is 7. The van der Waals surface area contributed by atoms with Gasteiger partial charge in [-0.1, -0.05) is 0 Å². The van der Waals surface area contributed by atoms with Gasteiger partial charge >= 0.3 is 5.97 Å². The Bertz CT molecular complexity index is 191. The number of hydrogen-bond donors (Lipinski definition) is 2. The Kier molecular flexibility index (Phi) is 6.74. The van der Waals surface area contributed by atoms with Gasteiger partial charge in [-0.15, -0.1) is 0 Å². The van der Waals surface area contributed by atoms with Crippen LogP contribution in [-0.2, 0) is 14.3 Å². The van der Waals surface area contributed by atoms with Crippen molar-refractivity contribution in [1.82, 2.24) is 5.32 Å². The van der Waals surface area contributed by atoms with Crippen molar-refractivity contribution in [2.75, 3.05) is 13.2 Å². The van der Waals surface area contributed by atoms with Crippen molar-refractivity contribution < 1.29 is 19.4 Å². The summed E-state index contributed by atoms with van der Waals surface area (Å²) in [7, 11) is 0. The molecule has 0 aromatic rings. The zero-order valence-electron chi connectivity index (χ0n) is 8.58. The van der Waals surface area contributed by atoms with Crippen LogP contribution < -0.4 is 5.32 Å². The molecule has 0 fully saturated rings. The van der Waals surface area contributed by atoms with Gasteiger partial charge in [-0.2, -0.15) is 0 Å². The smallest absolute Gasteiger partial charge is 0.303 e. The standard InChI is InChI=1S/C9H17NO4/c1-7(2)14-6-8(11)10-5-3-4-9(12)13/h7H,3-6H2,1-2H3,(H,10,11)(H,12,13). The number of carbonyl (C=O) groups is 2. The highest BCUT2D eigenvalue weighted by Gasteiger charge is 2.02. The van der Waals surface area contributed by atoms with Crippen LogP contribution in [0.2, 0.25) is 0 Å². The molecule has 14 heavy (non-hydrogen) atoms. The largest absolute Gasteiger partial charge is 0.481 e. The lowest BCUT2D eigenvalue weighted by atomic mass is 10.3. The van der Waals surface area contributed by atoms with Crippen LogP contribution in [0.1, 0.15) is 26.7 Å². The SMILES string of the molecule is CC(C)OCC(=O)NCCCC(=O)O. The van der Waals surface area contributed by atoms with Gasteiger partial charge in [0.05, 0.1) is 6.10 Å². The molecule has 0 aliphatic rings. The maximum absolute atomic E-state index is 11.0. The minimum absolute atomic E-state index is 0.0276. The number of carboxylic acids is 1. The second kappa shape index (κ2) is 7.32. The summed E-state index contributed by atoms with van der Waals surface area (Å²) in [5.74, 6) is -1.05. The fraction of sp³-hybridized carbons (Fsp3) is 0.778. The van der Waals surface area contributed by atoms with Gasteiger partial charge in [-0.05, 0) is 20.3 Å². The number of carbonyl (C=O) groups excluding carboxylic acids is 1. The highest BCUT2D eigenvalue weighted by atomic mass is 16.5. The second-order valence-electron chi connectivity index (χ2n) is 3.21. The highest BCUT2D eigenvalue weighted by molar-refractivity contribution is 5.77. The maximum Gasteiger partial charge on any atom is 0.303 e. The van der Waals surface area contributed by atoms with E-state index >= 15 is 0 Å². The lowest BCUT2D eigenvalue weighted by molar-refractivity contribution is -0.137. The minimum atomic E-state index is -0.849. The van der Waals surface area contributed by atoms with Crippen molar-refractivity contribution in [3.63, 3.8) is 0 Å². The summed E-state index contributed by atoms with van der Waals surface area (Å²) in [5.41, 5.74) is 0. The van der Waals surface area contributed by atoms with Crippen molar-refractivity contribution in [2.24, 2.45) is 0 Å². The summed E-state index contributed by atoms with van der Waals surface area (Å²) < 4.78 is 5.05. The molecule has 5 nitrogen and oxygen atoms in total. The summed E-state index contributed by atoms with van der Waals surface area (Å²) in [6.07, 6.45) is 0.549. The van der Waals surface area contributed by atoms with E-state index in [1.807, 2.05) is 13.8 Å². The van der Waals surface area contributed by atoms with Crippen molar-refractivity contribution in [1.29, 1.82) is 0 Å². The molecule has 1 amide bonds. The van der Waals surface area contributed by atoms with Crippen LogP contribution in [0.25, 0.3) is 0 Å². The first-order valence-electron chi connectivity index (χ1n) is 4.62. The van der Waals surface area contributed by atoms with Crippen molar-refractivity contribution >= 4 is 11.9 Å². The summed E-state index contributed by atoms with van der Waals surface area (Å²) in [5, 5.41) is 10.9. The average Bonchev–Trinajstić information content (AvgIpc) is 2.08. The van der Waals surface area contributed by atoms with E-state index in [-0.39, 0.29) is 25.0 Å². The Morgan fingerprint density at radius 2 is 2.07 bits per heavy atom. The van der Waals surface area contributed by atoms with Gasteiger partial charge in [-0.3, -0.25) is 9.59 Å². The van der Waals surface area contributed by atoms with E-state index in [4.69, 9.17) is 9.84 Å². The highest BCUT2D eigenvalue weighted by Crippen LogP contribution is 1.88. The normalized spacial score (nSPS) is 10.2. The Hall–Kier alpha value is -1.10. The Morgan fingerprint density at radius 1 is 1.43 bits per heavy atom. The zero-order chi connectivity index (χ0) is 11.0. The van der Waals surface area contributed by atoms with Crippen LogP contribution in [0.5, 0.6) is 0 Å². The number of nitrogens with one attached hydrogen (secondary N) is 1. The number of aliphatic carboxylic acids is 1. The predicted octanol–water partition coefficient (Wildman–Crippen LogP) is 0.392. The molecule has 5 heteroatoms. The van der Waals surface area contributed by atoms with Gasteiger partial charge < -0.3 is 15.2 Å². The molecule has 0 aliphatic heterocycles. The minimum Gasteiger partial charge on any atom is -0.481 e. The fourth-order valence-corrected chi connectivity index (χ4v) is 0.761. The topological polar surface area (TPSA) is 75.6 Å². The van der Waals surface area contributed by atoms with Crippen LogP contribution in [0.15, 0.2) is 0 Å². The predicted molar refractivity (Wildman–Crippen MR) is 51.0 cm³/mol. The average molecular weight is 203 g/mol. The van der Waals surface area contributed by atoms with E-state index in [9.17, 15) is 9.59 Å². The quantitative estimate of drug-likeness (QED) is 0.587. The first-order valence-corrected chi connectivity index (χ1v) is 4.62. The number of carboxylic acid groups (broad SMARTS) is 1. The molecule has 0 rings (SSSR count). The number of hydrogen-bond acceptors (Lipinski definition) is 3. The first-order chi connectivity index (χ1) is 6.52. The number of amides is 1. The molecule has 0 aliphatic carbocycles. The molecule has 0 heterocycles. The maximum atomic E-state index is 11.0. The molecule has 82 valence electrons. The Balaban J connectivity index is 3.31. The molecule has 0 saturated carbocycles. The summed E-state index contributed by atoms with van der Waals surface area (Å²) in [6, 6.07) is 0. The van der Waals surface area contributed by atoms with E-state index in [0.29, 0.717) is 13.0 Å². The molecule has 2 N–H and O–H groups in total. The van der Waals surface area contributed by atoms with Crippen LogP contribution >= 0.6 is 0 Å². The van der Waals surface area contributed by atoms with Gasteiger partial charge in [0.25, 0.3) is 0 Å². The van der Waals surface area contributed by atoms with Crippen LogP contribution in [0, 0.1) is 0 Å². The molecule has 0 aromatic heterocycles. The van der Waals surface area contributed by atoms with Gasteiger partial charge in [0.15, 0.2) is 0 Å². The van der Waals surface area contributed by atoms with Gasteiger partial charge in [-0.25, -0.2) is 0 Å². The molecule has 0 bridgehead atoms. The van der Waals surface area contributed by atoms with Gasteiger partial charge in [0, 0.05) is 13.0 Å². The monoisotopic (exact) mass is 203 g/mol. The lowest BCUT2D eigenvalue weighted by Crippen LogP contribution is -2.29. The second-order valence-corrected chi connectivity index (χ2v) is 3.21. The Labute approximate surface area is 83.4 Å². The Morgan fingerprint density at radius 3 is 2.57 bits per heavy atom. The van der Waals surface area contributed by atoms with Gasteiger partial charge in [0.2, 0.25) is 5.91 Å². The summed E-state index contributed by atoms with van der Waals surface area (Å²) >= 11 is 0. The lowest BCUT2D eigenvalue weighted by Gasteiger charge is -2.07. The molecular weight excluding hydrogens is 186 g/mol. The molecule has 0 saturated heterocycles. The first kappa shape index (κ1) is 12.9. The molecule has 0 atom stereocenters. The molecule has 0 aromatic carbocycles. The van der Waals surface area contributed by atoms with Crippen molar-refractivity contribution in [2.45, 2.75) is 32.8 Å². The molecule has 0 unspecified atom stereocenters. The van der Waals surface area contributed by atoms with E-state index < -0.39 is 5.97 Å².